The van der Waals surface area contributed by atoms with Gasteiger partial charge in [-0.3, -0.25) is 0 Å². The minimum absolute atomic E-state index is 0.0385. The van der Waals surface area contributed by atoms with Gasteiger partial charge in [0.15, 0.2) is 5.96 Å². The number of guanidine groups is 2. The monoisotopic (exact) mass is 325 g/mol. The molecule has 0 aliphatic rings. The van der Waals surface area contributed by atoms with E-state index in [1.54, 1.807) is 17.7 Å². The predicted octanol–water partition coefficient (Wildman–Crippen LogP) is 1.42. The van der Waals surface area contributed by atoms with Crippen LogP contribution in [0.15, 0.2) is 40.6 Å². The SMILES string of the molecule is Cc1nccn1-c1ccc(C(F)(F)F)cc1N=C(N)N=C(N)N. The first-order valence-electron chi connectivity index (χ1n) is 6.34. The summed E-state index contributed by atoms with van der Waals surface area (Å²) in [6.07, 6.45) is -1.41. The number of halogens is 3. The summed E-state index contributed by atoms with van der Waals surface area (Å²) >= 11 is 0. The van der Waals surface area contributed by atoms with Crippen LogP contribution in [0.25, 0.3) is 5.69 Å². The van der Waals surface area contributed by atoms with Crippen molar-refractivity contribution in [2.45, 2.75) is 13.1 Å². The van der Waals surface area contributed by atoms with Crippen LogP contribution in [0.2, 0.25) is 0 Å². The molecule has 1 heterocycles. The van der Waals surface area contributed by atoms with E-state index in [0.29, 0.717) is 11.5 Å². The van der Waals surface area contributed by atoms with Crippen molar-refractivity contribution in [3.63, 3.8) is 0 Å². The Morgan fingerprint density at radius 3 is 2.43 bits per heavy atom. The molecule has 6 N–H and O–H groups in total. The summed E-state index contributed by atoms with van der Waals surface area (Å²) in [5.74, 6) is -0.136. The quantitative estimate of drug-likeness (QED) is 0.571. The number of benzene rings is 1. The van der Waals surface area contributed by atoms with Gasteiger partial charge in [0.05, 0.1) is 16.9 Å². The number of hydrogen-bond acceptors (Lipinski definition) is 2. The van der Waals surface area contributed by atoms with E-state index < -0.39 is 11.7 Å². The van der Waals surface area contributed by atoms with Crippen LogP contribution in [0.4, 0.5) is 18.9 Å². The molecule has 1 aromatic heterocycles. The van der Waals surface area contributed by atoms with Crippen molar-refractivity contribution in [3.8, 4) is 5.69 Å². The number of imidazole rings is 1. The molecule has 122 valence electrons. The molecule has 0 unspecified atom stereocenters. The van der Waals surface area contributed by atoms with Gasteiger partial charge in [0.1, 0.15) is 5.82 Å². The van der Waals surface area contributed by atoms with Gasteiger partial charge in [0, 0.05) is 12.4 Å². The third kappa shape index (κ3) is 3.78. The van der Waals surface area contributed by atoms with E-state index in [0.717, 1.165) is 12.1 Å². The predicted molar refractivity (Wildman–Crippen MR) is 80.4 cm³/mol. The molecule has 0 saturated heterocycles. The number of hydrogen-bond donors (Lipinski definition) is 3. The van der Waals surface area contributed by atoms with Crippen LogP contribution in [0.5, 0.6) is 0 Å². The van der Waals surface area contributed by atoms with Gasteiger partial charge in [-0.1, -0.05) is 0 Å². The molecule has 0 atom stereocenters. The average molecular weight is 325 g/mol. The normalized spacial score (nSPS) is 12.3. The lowest BCUT2D eigenvalue weighted by Gasteiger charge is -2.12. The lowest BCUT2D eigenvalue weighted by atomic mass is 10.1. The Kier molecular flexibility index (Phi) is 4.25. The fourth-order valence-corrected chi connectivity index (χ4v) is 1.91. The van der Waals surface area contributed by atoms with E-state index in [1.807, 2.05) is 0 Å². The topological polar surface area (TPSA) is 121 Å². The Balaban J connectivity index is 2.64. The molecule has 0 aliphatic heterocycles. The second-order valence-electron chi connectivity index (χ2n) is 4.55. The fourth-order valence-electron chi connectivity index (χ4n) is 1.91. The van der Waals surface area contributed by atoms with Crippen LogP contribution >= 0.6 is 0 Å². The Labute approximate surface area is 129 Å². The minimum atomic E-state index is -4.52. The van der Waals surface area contributed by atoms with Crippen molar-refractivity contribution >= 4 is 17.6 Å². The van der Waals surface area contributed by atoms with E-state index in [9.17, 15) is 13.2 Å². The van der Waals surface area contributed by atoms with Gasteiger partial charge in [-0.15, -0.1) is 0 Å². The van der Waals surface area contributed by atoms with Crippen LogP contribution in [-0.2, 0) is 6.18 Å². The van der Waals surface area contributed by atoms with Crippen molar-refractivity contribution in [3.05, 3.63) is 42.0 Å². The smallest absolute Gasteiger partial charge is 0.370 e. The molecule has 23 heavy (non-hydrogen) atoms. The molecule has 7 nitrogen and oxygen atoms in total. The van der Waals surface area contributed by atoms with Crippen molar-refractivity contribution in [2.75, 3.05) is 0 Å². The van der Waals surface area contributed by atoms with Gasteiger partial charge in [-0.2, -0.15) is 18.2 Å². The second-order valence-corrected chi connectivity index (χ2v) is 4.55. The lowest BCUT2D eigenvalue weighted by molar-refractivity contribution is -0.137. The third-order valence-electron chi connectivity index (χ3n) is 2.87. The summed E-state index contributed by atoms with van der Waals surface area (Å²) in [5, 5.41) is 0. The van der Waals surface area contributed by atoms with E-state index >= 15 is 0 Å². The fraction of sp³-hybridized carbons (Fsp3) is 0.154. The van der Waals surface area contributed by atoms with Crippen molar-refractivity contribution in [2.24, 2.45) is 27.2 Å². The molecular weight excluding hydrogens is 311 g/mol. The average Bonchev–Trinajstić information content (AvgIpc) is 2.82. The number of rotatable bonds is 2. The Bertz CT molecular complexity index is 770. The van der Waals surface area contributed by atoms with Gasteiger partial charge in [0.25, 0.3) is 0 Å². The van der Waals surface area contributed by atoms with Crippen molar-refractivity contribution < 1.29 is 13.2 Å². The van der Waals surface area contributed by atoms with E-state index in [1.165, 1.54) is 12.3 Å². The standard InChI is InChI=1S/C13H14F3N7/c1-7-20-4-5-23(7)10-3-2-8(13(14,15)16)6-9(10)21-12(19)22-11(17)18/h2-6H,1H3,(H6,17,18,19,21,22). The molecule has 0 fully saturated rings. The van der Waals surface area contributed by atoms with Gasteiger partial charge in [0.2, 0.25) is 5.96 Å². The molecule has 10 heteroatoms. The molecule has 0 bridgehead atoms. The van der Waals surface area contributed by atoms with Crippen molar-refractivity contribution in [1.29, 1.82) is 0 Å². The Hall–Kier alpha value is -3.04. The lowest BCUT2D eigenvalue weighted by Crippen LogP contribution is -2.26. The highest BCUT2D eigenvalue weighted by Crippen LogP contribution is 2.34. The molecule has 0 amide bonds. The Morgan fingerprint density at radius 2 is 1.91 bits per heavy atom. The molecule has 0 saturated carbocycles. The summed E-state index contributed by atoms with van der Waals surface area (Å²) < 4.78 is 40.3. The van der Waals surface area contributed by atoms with Gasteiger partial charge >= 0.3 is 6.18 Å². The van der Waals surface area contributed by atoms with Crippen LogP contribution in [0, 0.1) is 6.92 Å². The highest BCUT2D eigenvalue weighted by molar-refractivity contribution is 5.94. The maximum atomic E-state index is 12.9. The number of aryl methyl sites for hydroxylation is 1. The highest BCUT2D eigenvalue weighted by atomic mass is 19.4. The molecule has 2 rings (SSSR count). The third-order valence-corrected chi connectivity index (χ3v) is 2.87. The summed E-state index contributed by atoms with van der Waals surface area (Å²) in [4.78, 5) is 11.4. The number of nitrogens with zero attached hydrogens (tertiary/aromatic N) is 4. The second kappa shape index (κ2) is 5.99. The van der Waals surface area contributed by atoms with E-state index in [2.05, 4.69) is 15.0 Å². The number of aromatic nitrogens is 2. The van der Waals surface area contributed by atoms with Gasteiger partial charge in [-0.05, 0) is 25.1 Å². The maximum Gasteiger partial charge on any atom is 0.416 e. The maximum absolute atomic E-state index is 12.9. The summed E-state index contributed by atoms with van der Waals surface area (Å²) in [7, 11) is 0. The van der Waals surface area contributed by atoms with E-state index in [4.69, 9.17) is 17.2 Å². The van der Waals surface area contributed by atoms with Crippen molar-refractivity contribution in [1.82, 2.24) is 9.55 Å². The van der Waals surface area contributed by atoms with Crippen LogP contribution in [0.1, 0.15) is 11.4 Å². The first-order chi connectivity index (χ1) is 10.7. The summed E-state index contributed by atoms with van der Waals surface area (Å²) in [5.41, 5.74) is 15.3. The number of aliphatic imine (C=N–C) groups is 2. The number of nitrogens with two attached hydrogens (primary N) is 3. The zero-order valence-electron chi connectivity index (χ0n) is 12.0. The number of alkyl halides is 3. The molecule has 0 spiro atoms. The largest absolute Gasteiger partial charge is 0.416 e. The van der Waals surface area contributed by atoms with Gasteiger partial charge < -0.3 is 21.8 Å². The highest BCUT2D eigenvalue weighted by Gasteiger charge is 2.31. The molecule has 0 aliphatic carbocycles. The minimum Gasteiger partial charge on any atom is -0.370 e. The van der Waals surface area contributed by atoms with Crippen LogP contribution in [-0.4, -0.2) is 21.5 Å². The van der Waals surface area contributed by atoms with E-state index in [-0.39, 0.29) is 17.6 Å². The zero-order chi connectivity index (χ0) is 17.2. The zero-order valence-corrected chi connectivity index (χ0v) is 12.0. The molecular formula is C13H14F3N7. The molecule has 2 aromatic rings. The molecule has 1 aromatic carbocycles. The first-order valence-corrected chi connectivity index (χ1v) is 6.34. The molecule has 0 radical (unpaired) electrons. The van der Waals surface area contributed by atoms with Gasteiger partial charge in [-0.25, -0.2) is 9.98 Å². The first kappa shape index (κ1) is 16.3. The Morgan fingerprint density at radius 1 is 1.22 bits per heavy atom. The summed E-state index contributed by atoms with van der Waals surface area (Å²) in [6, 6.07) is 3.09. The van der Waals surface area contributed by atoms with Crippen LogP contribution < -0.4 is 17.2 Å². The summed E-state index contributed by atoms with van der Waals surface area (Å²) in [6.45, 7) is 1.70. The van der Waals surface area contributed by atoms with Crippen LogP contribution in [0.3, 0.4) is 0 Å².